The number of hydrogen-bond donors (Lipinski definition) is 1. The second-order valence-electron chi connectivity index (χ2n) is 5.49. The monoisotopic (exact) mass is 356 g/mol. The molecule has 1 aromatic heterocycles. The van der Waals surface area contributed by atoms with Crippen LogP contribution in [0.1, 0.15) is 11.1 Å². The standard InChI is InChI=1S/C17H13BrN2O2/c18-13-6-5-10-7-12(8-11(10)9-13)16(21)20-17-19-14-3-1-2-4-15(14)22-17/h1-6,9,12H,7-8H2,(H,19,20,21). The third kappa shape index (κ3) is 2.41. The third-order valence-corrected chi connectivity index (χ3v) is 4.49. The number of nitrogens with zero attached hydrogens (tertiary/aromatic N) is 1. The van der Waals surface area contributed by atoms with Crippen LogP contribution in [0.2, 0.25) is 0 Å². The topological polar surface area (TPSA) is 55.1 Å². The van der Waals surface area contributed by atoms with E-state index < -0.39 is 0 Å². The average Bonchev–Trinajstić information content (AvgIpc) is 3.09. The maximum atomic E-state index is 12.4. The zero-order valence-electron chi connectivity index (χ0n) is 11.7. The van der Waals surface area contributed by atoms with Crippen LogP contribution in [0.3, 0.4) is 0 Å². The van der Waals surface area contributed by atoms with Gasteiger partial charge in [-0.3, -0.25) is 10.1 Å². The summed E-state index contributed by atoms with van der Waals surface area (Å²) >= 11 is 3.47. The summed E-state index contributed by atoms with van der Waals surface area (Å²) in [6.45, 7) is 0. The van der Waals surface area contributed by atoms with Gasteiger partial charge in [-0.1, -0.05) is 34.1 Å². The van der Waals surface area contributed by atoms with Gasteiger partial charge in [0.05, 0.1) is 0 Å². The summed E-state index contributed by atoms with van der Waals surface area (Å²) in [5, 5.41) is 2.79. The molecule has 2 aromatic carbocycles. The van der Waals surface area contributed by atoms with Crippen molar-refractivity contribution in [1.82, 2.24) is 4.98 Å². The van der Waals surface area contributed by atoms with Crippen LogP contribution in [0.25, 0.3) is 11.1 Å². The summed E-state index contributed by atoms with van der Waals surface area (Å²) in [5.74, 6) is -0.113. The van der Waals surface area contributed by atoms with Crippen molar-refractivity contribution in [3.8, 4) is 0 Å². The van der Waals surface area contributed by atoms with E-state index in [4.69, 9.17) is 4.42 Å². The highest BCUT2D eigenvalue weighted by Gasteiger charge is 2.28. The first-order chi connectivity index (χ1) is 10.7. The smallest absolute Gasteiger partial charge is 0.302 e. The molecule has 0 radical (unpaired) electrons. The van der Waals surface area contributed by atoms with Gasteiger partial charge in [-0.25, -0.2) is 0 Å². The number of anilines is 1. The zero-order chi connectivity index (χ0) is 15.1. The molecular formula is C17H13BrN2O2. The third-order valence-electron chi connectivity index (χ3n) is 4.00. The highest BCUT2D eigenvalue weighted by atomic mass is 79.9. The Morgan fingerprint density at radius 3 is 2.86 bits per heavy atom. The Hall–Kier alpha value is -2.14. The molecule has 1 N–H and O–H groups in total. The minimum atomic E-state index is -0.0701. The van der Waals surface area contributed by atoms with E-state index in [0.717, 1.165) is 22.8 Å². The molecule has 3 aromatic rings. The van der Waals surface area contributed by atoms with Crippen molar-refractivity contribution in [3.63, 3.8) is 0 Å². The molecule has 0 aliphatic heterocycles. The van der Waals surface area contributed by atoms with Crippen LogP contribution in [0.15, 0.2) is 51.4 Å². The van der Waals surface area contributed by atoms with E-state index in [2.05, 4.69) is 38.4 Å². The number of para-hydroxylation sites is 2. The van der Waals surface area contributed by atoms with Gasteiger partial charge in [0.15, 0.2) is 5.58 Å². The summed E-state index contributed by atoms with van der Waals surface area (Å²) in [4.78, 5) is 16.7. The van der Waals surface area contributed by atoms with Gasteiger partial charge >= 0.3 is 6.01 Å². The molecule has 1 unspecified atom stereocenters. The molecule has 0 saturated heterocycles. The van der Waals surface area contributed by atoms with Crippen molar-refractivity contribution < 1.29 is 9.21 Å². The van der Waals surface area contributed by atoms with Crippen LogP contribution in [0.4, 0.5) is 6.01 Å². The molecule has 1 aliphatic carbocycles. The number of benzene rings is 2. The molecule has 4 nitrogen and oxygen atoms in total. The van der Waals surface area contributed by atoms with Gasteiger partial charge in [0.25, 0.3) is 0 Å². The predicted molar refractivity (Wildman–Crippen MR) is 87.7 cm³/mol. The number of carbonyl (C=O) groups excluding carboxylic acids is 1. The first-order valence-corrected chi connectivity index (χ1v) is 7.92. The Morgan fingerprint density at radius 2 is 2.00 bits per heavy atom. The molecule has 1 atom stereocenters. The molecule has 1 amide bonds. The van der Waals surface area contributed by atoms with Crippen molar-refractivity contribution in [2.45, 2.75) is 12.8 Å². The summed E-state index contributed by atoms with van der Waals surface area (Å²) in [6, 6.07) is 13.9. The maximum Gasteiger partial charge on any atom is 0.302 e. The van der Waals surface area contributed by atoms with Crippen molar-refractivity contribution in [3.05, 3.63) is 58.1 Å². The number of aromatic nitrogens is 1. The van der Waals surface area contributed by atoms with Crippen LogP contribution in [-0.2, 0) is 17.6 Å². The Bertz CT molecular complexity index is 839. The molecule has 110 valence electrons. The van der Waals surface area contributed by atoms with Gasteiger partial charge in [-0.2, -0.15) is 4.98 Å². The minimum Gasteiger partial charge on any atom is -0.423 e. The lowest BCUT2D eigenvalue weighted by Gasteiger charge is -2.06. The fourth-order valence-corrected chi connectivity index (χ4v) is 3.31. The minimum absolute atomic E-state index is 0.0427. The molecule has 1 aliphatic rings. The Kier molecular flexibility index (Phi) is 3.22. The molecule has 4 rings (SSSR count). The van der Waals surface area contributed by atoms with Gasteiger partial charge in [0, 0.05) is 10.4 Å². The summed E-state index contributed by atoms with van der Waals surface area (Å²) < 4.78 is 6.59. The lowest BCUT2D eigenvalue weighted by Crippen LogP contribution is -2.23. The molecular weight excluding hydrogens is 344 g/mol. The number of hydrogen-bond acceptors (Lipinski definition) is 3. The fourth-order valence-electron chi connectivity index (χ4n) is 2.91. The van der Waals surface area contributed by atoms with E-state index in [1.54, 1.807) is 0 Å². The van der Waals surface area contributed by atoms with Crippen LogP contribution in [0, 0.1) is 5.92 Å². The van der Waals surface area contributed by atoms with E-state index >= 15 is 0 Å². The molecule has 5 heteroatoms. The van der Waals surface area contributed by atoms with Gasteiger partial charge in [-0.05, 0) is 48.2 Å². The Labute approximate surface area is 135 Å². The number of carbonyl (C=O) groups is 1. The molecule has 1 heterocycles. The number of nitrogens with one attached hydrogen (secondary N) is 1. The molecule has 0 fully saturated rings. The molecule has 22 heavy (non-hydrogen) atoms. The van der Waals surface area contributed by atoms with E-state index in [1.807, 2.05) is 30.3 Å². The largest absolute Gasteiger partial charge is 0.423 e. The lowest BCUT2D eigenvalue weighted by atomic mass is 10.1. The van der Waals surface area contributed by atoms with Gasteiger partial charge < -0.3 is 4.42 Å². The molecule has 0 bridgehead atoms. The maximum absolute atomic E-state index is 12.4. The highest BCUT2D eigenvalue weighted by molar-refractivity contribution is 9.10. The fraction of sp³-hybridized carbons (Fsp3) is 0.176. The quantitative estimate of drug-likeness (QED) is 0.756. The summed E-state index contributed by atoms with van der Waals surface area (Å²) in [6.07, 6.45) is 1.51. The first kappa shape index (κ1) is 13.5. The highest BCUT2D eigenvalue weighted by Crippen LogP contribution is 2.30. The second-order valence-corrected chi connectivity index (χ2v) is 6.41. The van der Waals surface area contributed by atoms with E-state index in [9.17, 15) is 4.79 Å². The number of rotatable bonds is 2. The Balaban J connectivity index is 1.51. The Morgan fingerprint density at radius 1 is 1.18 bits per heavy atom. The number of oxazole rings is 1. The molecule has 0 saturated carbocycles. The molecule has 0 spiro atoms. The van der Waals surface area contributed by atoms with Crippen LogP contribution >= 0.6 is 15.9 Å². The number of halogens is 1. The van der Waals surface area contributed by atoms with E-state index in [-0.39, 0.29) is 17.8 Å². The van der Waals surface area contributed by atoms with Gasteiger partial charge in [0.1, 0.15) is 5.52 Å². The number of fused-ring (bicyclic) bond motifs is 2. The second kappa shape index (κ2) is 5.25. The summed E-state index contributed by atoms with van der Waals surface area (Å²) in [7, 11) is 0. The van der Waals surface area contributed by atoms with Crippen LogP contribution in [0.5, 0.6) is 0 Å². The predicted octanol–water partition coefficient (Wildman–Crippen LogP) is 3.94. The van der Waals surface area contributed by atoms with Gasteiger partial charge in [-0.15, -0.1) is 0 Å². The van der Waals surface area contributed by atoms with Crippen molar-refractivity contribution >= 4 is 39.0 Å². The van der Waals surface area contributed by atoms with Crippen molar-refractivity contribution in [2.75, 3.05) is 5.32 Å². The lowest BCUT2D eigenvalue weighted by molar-refractivity contribution is -0.119. The van der Waals surface area contributed by atoms with E-state index in [0.29, 0.717) is 5.58 Å². The van der Waals surface area contributed by atoms with Crippen LogP contribution in [-0.4, -0.2) is 10.9 Å². The van der Waals surface area contributed by atoms with E-state index in [1.165, 1.54) is 11.1 Å². The first-order valence-electron chi connectivity index (χ1n) is 7.13. The summed E-state index contributed by atoms with van der Waals surface area (Å²) in [5.41, 5.74) is 3.89. The number of amides is 1. The van der Waals surface area contributed by atoms with Crippen molar-refractivity contribution in [1.29, 1.82) is 0 Å². The van der Waals surface area contributed by atoms with Gasteiger partial charge in [0.2, 0.25) is 5.91 Å². The zero-order valence-corrected chi connectivity index (χ0v) is 13.3. The van der Waals surface area contributed by atoms with Crippen LogP contribution < -0.4 is 5.32 Å². The normalized spacial score (nSPS) is 16.7. The SMILES string of the molecule is O=C(Nc1nc2ccccc2o1)C1Cc2ccc(Br)cc2C1. The van der Waals surface area contributed by atoms with Crippen molar-refractivity contribution in [2.24, 2.45) is 5.92 Å². The average molecular weight is 357 g/mol.